The number of benzene rings is 1. The molecule has 0 aliphatic carbocycles. The topological polar surface area (TPSA) is 116 Å². The molecule has 4 N–H and O–H groups in total. The SMILES string of the molecule is CC1=C(Cc2ccc(Cl)c(OC(F)(F)F)c2)C=N/C(=C(/C=N)C(=O)NCCOCCO)N1. The van der Waals surface area contributed by atoms with Crippen molar-refractivity contribution in [3.8, 4) is 5.75 Å². The number of alkyl halides is 3. The number of allylic oxidation sites excluding steroid dienone is 2. The fourth-order valence-electron chi connectivity index (χ4n) is 2.67. The molecule has 0 aromatic heterocycles. The van der Waals surface area contributed by atoms with Gasteiger partial charge in [-0.25, -0.2) is 4.99 Å². The molecular weight excluding hydrogens is 453 g/mol. The van der Waals surface area contributed by atoms with E-state index in [1.165, 1.54) is 18.3 Å². The lowest BCUT2D eigenvalue weighted by Crippen LogP contribution is -2.32. The number of amides is 1. The van der Waals surface area contributed by atoms with Crippen molar-refractivity contribution in [3.05, 3.63) is 51.4 Å². The van der Waals surface area contributed by atoms with Gasteiger partial charge in [0.25, 0.3) is 5.91 Å². The molecule has 8 nitrogen and oxygen atoms in total. The molecule has 0 unspecified atom stereocenters. The molecule has 1 aromatic rings. The molecule has 1 amide bonds. The van der Waals surface area contributed by atoms with Gasteiger partial charge in [0, 0.05) is 31.1 Å². The van der Waals surface area contributed by atoms with Gasteiger partial charge in [-0.3, -0.25) is 4.79 Å². The molecule has 1 aliphatic heterocycles. The average molecular weight is 475 g/mol. The van der Waals surface area contributed by atoms with Crippen molar-refractivity contribution in [2.45, 2.75) is 19.7 Å². The highest BCUT2D eigenvalue weighted by atomic mass is 35.5. The van der Waals surface area contributed by atoms with Gasteiger partial charge in [0.15, 0.2) is 0 Å². The van der Waals surface area contributed by atoms with Gasteiger partial charge in [-0.1, -0.05) is 17.7 Å². The van der Waals surface area contributed by atoms with Crippen LogP contribution in [-0.4, -0.2) is 56.2 Å². The van der Waals surface area contributed by atoms with Crippen molar-refractivity contribution in [2.75, 3.05) is 26.4 Å². The van der Waals surface area contributed by atoms with Gasteiger partial charge in [-0.15, -0.1) is 13.2 Å². The van der Waals surface area contributed by atoms with E-state index in [0.29, 0.717) is 16.8 Å². The summed E-state index contributed by atoms with van der Waals surface area (Å²) in [5.41, 5.74) is 1.78. The number of aliphatic hydroxyl groups is 1. The molecule has 0 radical (unpaired) electrons. The van der Waals surface area contributed by atoms with Crippen LogP contribution in [0.4, 0.5) is 13.2 Å². The van der Waals surface area contributed by atoms with Crippen LogP contribution in [0.2, 0.25) is 5.02 Å². The van der Waals surface area contributed by atoms with E-state index in [2.05, 4.69) is 20.4 Å². The molecule has 0 saturated heterocycles. The molecule has 1 aromatic carbocycles. The summed E-state index contributed by atoms with van der Waals surface area (Å²) >= 11 is 5.77. The van der Waals surface area contributed by atoms with E-state index in [1.807, 2.05) is 0 Å². The largest absolute Gasteiger partial charge is 0.573 e. The molecule has 32 heavy (non-hydrogen) atoms. The van der Waals surface area contributed by atoms with Crippen molar-refractivity contribution < 1.29 is 32.5 Å². The van der Waals surface area contributed by atoms with Crippen LogP contribution >= 0.6 is 11.6 Å². The Morgan fingerprint density at radius 1 is 1.38 bits per heavy atom. The highest BCUT2D eigenvalue weighted by Crippen LogP contribution is 2.31. The Balaban J connectivity index is 2.09. The average Bonchev–Trinajstić information content (AvgIpc) is 2.71. The van der Waals surface area contributed by atoms with Gasteiger partial charge in [0.1, 0.15) is 11.6 Å². The lowest BCUT2D eigenvalue weighted by Gasteiger charge is -2.19. The van der Waals surface area contributed by atoms with Gasteiger partial charge >= 0.3 is 6.36 Å². The third-order valence-electron chi connectivity index (χ3n) is 4.16. The van der Waals surface area contributed by atoms with E-state index in [4.69, 9.17) is 26.9 Å². The second-order valence-electron chi connectivity index (χ2n) is 6.52. The van der Waals surface area contributed by atoms with Crippen LogP contribution in [0.1, 0.15) is 12.5 Å². The van der Waals surface area contributed by atoms with Crippen molar-refractivity contribution >= 4 is 29.9 Å². The monoisotopic (exact) mass is 474 g/mol. The minimum absolute atomic E-state index is 0.00540. The highest BCUT2D eigenvalue weighted by Gasteiger charge is 2.32. The van der Waals surface area contributed by atoms with Crippen LogP contribution in [-0.2, 0) is 16.0 Å². The van der Waals surface area contributed by atoms with Crippen LogP contribution in [0.25, 0.3) is 0 Å². The number of nitrogens with one attached hydrogen (secondary N) is 3. The number of aliphatic hydroxyl groups excluding tert-OH is 1. The molecule has 0 atom stereocenters. The predicted molar refractivity (Wildman–Crippen MR) is 113 cm³/mol. The van der Waals surface area contributed by atoms with E-state index in [0.717, 1.165) is 6.21 Å². The molecule has 0 spiro atoms. The first-order chi connectivity index (χ1) is 15.1. The summed E-state index contributed by atoms with van der Waals surface area (Å²) in [6, 6.07) is 4.08. The van der Waals surface area contributed by atoms with E-state index in [1.54, 1.807) is 13.0 Å². The number of carbonyl (C=O) groups excluding carboxylic acids is 1. The molecule has 0 saturated carbocycles. The van der Waals surface area contributed by atoms with Crippen LogP contribution < -0.4 is 15.4 Å². The zero-order chi connectivity index (χ0) is 23.7. The Morgan fingerprint density at radius 3 is 2.75 bits per heavy atom. The molecule has 1 aliphatic rings. The number of hydrogen-bond donors (Lipinski definition) is 4. The smallest absolute Gasteiger partial charge is 0.404 e. The number of nitrogens with zero attached hydrogens (tertiary/aromatic N) is 1. The molecule has 12 heteroatoms. The maximum absolute atomic E-state index is 12.5. The van der Waals surface area contributed by atoms with Crippen LogP contribution in [0.5, 0.6) is 5.75 Å². The molecule has 1 heterocycles. The zero-order valence-electron chi connectivity index (χ0n) is 17.1. The minimum Gasteiger partial charge on any atom is -0.404 e. The summed E-state index contributed by atoms with van der Waals surface area (Å²) in [6.45, 7) is 2.14. The molecule has 0 bridgehead atoms. The van der Waals surface area contributed by atoms with Gasteiger partial charge in [-0.2, -0.15) is 0 Å². The molecule has 0 fully saturated rings. The van der Waals surface area contributed by atoms with Crippen LogP contribution in [0.15, 0.2) is 45.9 Å². The maximum atomic E-state index is 12.5. The van der Waals surface area contributed by atoms with E-state index in [9.17, 15) is 18.0 Å². The molecular formula is C20H22ClF3N4O4. The fraction of sp³-hybridized carbons (Fsp3) is 0.350. The second kappa shape index (κ2) is 11.7. The Morgan fingerprint density at radius 2 is 2.12 bits per heavy atom. The van der Waals surface area contributed by atoms with E-state index < -0.39 is 18.0 Å². The lowest BCUT2D eigenvalue weighted by atomic mass is 10.0. The first-order valence-electron chi connectivity index (χ1n) is 9.41. The zero-order valence-corrected chi connectivity index (χ0v) is 17.8. The van der Waals surface area contributed by atoms with Gasteiger partial charge in [0.2, 0.25) is 0 Å². The highest BCUT2D eigenvalue weighted by molar-refractivity contribution is 6.32. The molecule has 2 rings (SSSR count). The van der Waals surface area contributed by atoms with Crippen LogP contribution in [0, 0.1) is 5.41 Å². The lowest BCUT2D eigenvalue weighted by molar-refractivity contribution is -0.274. The number of rotatable bonds is 10. The van der Waals surface area contributed by atoms with Crippen molar-refractivity contribution in [1.82, 2.24) is 10.6 Å². The number of hydrogen-bond acceptors (Lipinski definition) is 7. The number of carbonyl (C=O) groups is 1. The summed E-state index contributed by atoms with van der Waals surface area (Å²) in [4.78, 5) is 16.5. The Hall–Kier alpha value is -2.89. The van der Waals surface area contributed by atoms with Gasteiger partial charge in [0.05, 0.1) is 30.4 Å². The van der Waals surface area contributed by atoms with Crippen molar-refractivity contribution in [1.29, 1.82) is 5.41 Å². The fourth-order valence-corrected chi connectivity index (χ4v) is 2.82. The van der Waals surface area contributed by atoms with Crippen molar-refractivity contribution in [3.63, 3.8) is 0 Å². The van der Waals surface area contributed by atoms with E-state index in [-0.39, 0.29) is 49.2 Å². The number of ether oxygens (including phenoxy) is 2. The summed E-state index contributed by atoms with van der Waals surface area (Å²) in [6.07, 6.45) is -2.29. The predicted octanol–water partition coefficient (Wildman–Crippen LogP) is 2.72. The summed E-state index contributed by atoms with van der Waals surface area (Å²) in [5.74, 6) is -0.871. The number of halogens is 4. The second-order valence-corrected chi connectivity index (χ2v) is 6.93. The summed E-state index contributed by atoms with van der Waals surface area (Å²) in [5, 5.41) is 21.5. The third kappa shape index (κ3) is 7.66. The normalized spacial score (nSPS) is 15.3. The standard InChI is InChI=1S/C20H22ClF3N4O4/c1-12-14(8-13-2-3-16(21)17(9-13)32-20(22,23)24)11-27-18(28-12)15(10-25)19(30)26-4-6-31-7-5-29/h2-3,9-11,25,28-29H,4-8H2,1H3,(H,26,30)/b18-15+,25-10?. The van der Waals surface area contributed by atoms with Crippen LogP contribution in [0.3, 0.4) is 0 Å². The third-order valence-corrected chi connectivity index (χ3v) is 4.48. The maximum Gasteiger partial charge on any atom is 0.573 e. The summed E-state index contributed by atoms with van der Waals surface area (Å²) < 4.78 is 46.6. The van der Waals surface area contributed by atoms with Gasteiger partial charge in [-0.05, 0) is 30.2 Å². The Labute approximate surface area is 187 Å². The minimum atomic E-state index is -4.86. The quantitative estimate of drug-likeness (QED) is 0.236. The van der Waals surface area contributed by atoms with E-state index >= 15 is 0 Å². The Kier molecular flexibility index (Phi) is 9.24. The first-order valence-corrected chi connectivity index (χ1v) is 9.79. The number of aliphatic imine (C=N–C) groups is 1. The molecule has 174 valence electrons. The van der Waals surface area contributed by atoms with Gasteiger partial charge < -0.3 is 30.6 Å². The Bertz CT molecular complexity index is 945. The van der Waals surface area contributed by atoms with Crippen molar-refractivity contribution in [2.24, 2.45) is 4.99 Å². The first kappa shape index (κ1) is 25.4. The summed E-state index contributed by atoms with van der Waals surface area (Å²) in [7, 11) is 0.